The molecule has 0 saturated carbocycles. The van der Waals surface area contributed by atoms with Crippen molar-refractivity contribution in [3.05, 3.63) is 35.4 Å². The van der Waals surface area contributed by atoms with Crippen molar-refractivity contribution in [1.29, 1.82) is 0 Å². The lowest BCUT2D eigenvalue weighted by molar-refractivity contribution is -0.147. The second-order valence-corrected chi connectivity index (χ2v) is 7.28. The van der Waals surface area contributed by atoms with Gasteiger partial charge in [0.1, 0.15) is 0 Å². The Balaban J connectivity index is 1.59. The maximum atomic E-state index is 13.2. The molecule has 2 fully saturated rings. The van der Waals surface area contributed by atoms with E-state index in [4.69, 9.17) is 0 Å². The van der Waals surface area contributed by atoms with Crippen molar-refractivity contribution >= 4 is 17.8 Å². The molecule has 2 aliphatic rings. The molecule has 8 heteroatoms. The minimum atomic E-state index is -0.981. The second-order valence-electron chi connectivity index (χ2n) is 7.28. The van der Waals surface area contributed by atoms with Crippen molar-refractivity contribution in [2.45, 2.75) is 37.6 Å². The van der Waals surface area contributed by atoms with Crippen LogP contribution >= 0.6 is 0 Å². The molecule has 0 aromatic heterocycles. The van der Waals surface area contributed by atoms with Crippen LogP contribution in [0.3, 0.4) is 0 Å². The summed E-state index contributed by atoms with van der Waals surface area (Å²) in [4.78, 5) is 39.2. The van der Waals surface area contributed by atoms with Crippen molar-refractivity contribution in [2.75, 3.05) is 20.1 Å². The monoisotopic (exact) mass is 380 g/mol. The van der Waals surface area contributed by atoms with E-state index in [1.54, 1.807) is 11.9 Å². The van der Waals surface area contributed by atoms with Crippen LogP contribution in [0, 0.1) is 17.6 Å². The van der Waals surface area contributed by atoms with Crippen LogP contribution in [0.2, 0.25) is 0 Å². The van der Waals surface area contributed by atoms with Gasteiger partial charge >= 0.3 is 5.97 Å². The number of amides is 2. The Morgan fingerprint density at radius 3 is 2.48 bits per heavy atom. The van der Waals surface area contributed by atoms with Gasteiger partial charge in [0, 0.05) is 33.0 Å². The summed E-state index contributed by atoms with van der Waals surface area (Å²) in [6.07, 6.45) is 1.30. The number of carbonyl (C=O) groups excluding carboxylic acids is 2. The third-order valence-electron chi connectivity index (χ3n) is 5.96. The van der Waals surface area contributed by atoms with Crippen LogP contribution in [0.4, 0.5) is 8.78 Å². The molecular weight excluding hydrogens is 358 g/mol. The van der Waals surface area contributed by atoms with Crippen LogP contribution in [0.5, 0.6) is 0 Å². The zero-order valence-corrected chi connectivity index (χ0v) is 15.1. The third-order valence-corrected chi connectivity index (χ3v) is 5.96. The van der Waals surface area contributed by atoms with Gasteiger partial charge in [0.25, 0.3) is 0 Å². The van der Waals surface area contributed by atoms with E-state index >= 15 is 0 Å². The van der Waals surface area contributed by atoms with Gasteiger partial charge in [-0.25, -0.2) is 8.78 Å². The number of carboxylic acid groups (broad SMARTS) is 1. The summed E-state index contributed by atoms with van der Waals surface area (Å²) >= 11 is 0. The summed E-state index contributed by atoms with van der Waals surface area (Å²) in [6.45, 7) is 0.746. The molecule has 1 atom stereocenters. The van der Waals surface area contributed by atoms with Crippen LogP contribution in [0.25, 0.3) is 0 Å². The summed E-state index contributed by atoms with van der Waals surface area (Å²) in [5, 5.41) is 9.48. The van der Waals surface area contributed by atoms with E-state index in [1.807, 2.05) is 0 Å². The summed E-state index contributed by atoms with van der Waals surface area (Å²) in [5.74, 6) is -3.89. The molecular formula is C19H22F2N2O4. The molecule has 2 amide bonds. The molecule has 1 aromatic carbocycles. The van der Waals surface area contributed by atoms with E-state index in [-0.39, 0.29) is 24.7 Å². The van der Waals surface area contributed by atoms with Gasteiger partial charge in [0.15, 0.2) is 11.6 Å². The molecule has 3 rings (SSSR count). The normalized spacial score (nSPS) is 21.7. The van der Waals surface area contributed by atoms with Gasteiger partial charge in [-0.3, -0.25) is 14.4 Å². The zero-order chi connectivity index (χ0) is 19.8. The van der Waals surface area contributed by atoms with Gasteiger partial charge < -0.3 is 14.9 Å². The van der Waals surface area contributed by atoms with Crippen molar-refractivity contribution in [2.24, 2.45) is 5.92 Å². The lowest BCUT2D eigenvalue weighted by Crippen LogP contribution is -2.57. The highest BCUT2D eigenvalue weighted by atomic mass is 19.2. The summed E-state index contributed by atoms with van der Waals surface area (Å²) in [5.41, 5.74) is -0.192. The number of halogens is 2. The first-order chi connectivity index (χ1) is 12.7. The molecule has 6 nitrogen and oxygen atoms in total. The SMILES string of the molecule is CN1C(=O)C[C@H](C(=O)O)C12CCN(C(=O)CCc1ccc(F)c(F)c1)CC2. The fourth-order valence-electron chi connectivity index (χ4n) is 4.23. The summed E-state index contributed by atoms with van der Waals surface area (Å²) < 4.78 is 26.2. The molecule has 0 bridgehead atoms. The Morgan fingerprint density at radius 2 is 1.89 bits per heavy atom. The van der Waals surface area contributed by atoms with E-state index in [0.29, 0.717) is 37.9 Å². The van der Waals surface area contributed by atoms with Crippen molar-refractivity contribution in [1.82, 2.24) is 9.80 Å². The molecule has 0 unspecified atom stereocenters. The number of rotatable bonds is 4. The highest BCUT2D eigenvalue weighted by Gasteiger charge is 2.55. The average Bonchev–Trinajstić information content (AvgIpc) is 2.88. The summed E-state index contributed by atoms with van der Waals surface area (Å²) in [7, 11) is 1.63. The van der Waals surface area contributed by atoms with Gasteiger partial charge in [-0.05, 0) is 37.0 Å². The number of likely N-dealkylation sites (tertiary alicyclic amines) is 2. The molecule has 1 spiro atoms. The van der Waals surface area contributed by atoms with Crippen LogP contribution in [-0.2, 0) is 20.8 Å². The van der Waals surface area contributed by atoms with E-state index in [9.17, 15) is 28.3 Å². The lowest BCUT2D eigenvalue weighted by atomic mass is 9.77. The highest BCUT2D eigenvalue weighted by molar-refractivity contribution is 5.88. The maximum Gasteiger partial charge on any atom is 0.309 e. The molecule has 0 radical (unpaired) electrons. The number of hydrogen-bond donors (Lipinski definition) is 1. The predicted molar refractivity (Wildman–Crippen MR) is 91.7 cm³/mol. The van der Waals surface area contributed by atoms with Gasteiger partial charge in [0.05, 0.1) is 11.5 Å². The number of hydrogen-bond acceptors (Lipinski definition) is 3. The number of aryl methyl sites for hydroxylation is 1. The first-order valence-corrected chi connectivity index (χ1v) is 8.96. The van der Waals surface area contributed by atoms with Crippen LogP contribution in [-0.4, -0.2) is 58.4 Å². The molecule has 27 heavy (non-hydrogen) atoms. The number of nitrogens with zero attached hydrogens (tertiary/aromatic N) is 2. The quantitative estimate of drug-likeness (QED) is 0.864. The fraction of sp³-hybridized carbons (Fsp3) is 0.526. The van der Waals surface area contributed by atoms with Crippen molar-refractivity contribution in [3.8, 4) is 0 Å². The second kappa shape index (κ2) is 7.25. The number of carbonyl (C=O) groups is 3. The Kier molecular flexibility index (Phi) is 5.17. The first kappa shape index (κ1) is 19.3. The van der Waals surface area contributed by atoms with Gasteiger partial charge in [0.2, 0.25) is 11.8 Å². The number of piperidine rings is 1. The third kappa shape index (κ3) is 3.52. The molecule has 2 saturated heterocycles. The Hall–Kier alpha value is -2.51. The average molecular weight is 380 g/mol. The lowest BCUT2D eigenvalue weighted by Gasteiger charge is -2.45. The van der Waals surface area contributed by atoms with Crippen LogP contribution in [0.1, 0.15) is 31.2 Å². The van der Waals surface area contributed by atoms with E-state index in [1.165, 1.54) is 11.0 Å². The molecule has 0 aliphatic carbocycles. The standard InChI is InChI=1S/C19H22F2N2O4/c1-22-17(25)11-13(18(26)27)19(22)6-8-23(9-7-19)16(24)5-3-12-2-4-14(20)15(21)10-12/h2,4,10,13H,3,5-9,11H2,1H3,(H,26,27)/t13-/m1/s1. The van der Waals surface area contributed by atoms with Gasteiger partial charge in [-0.2, -0.15) is 0 Å². The van der Waals surface area contributed by atoms with Crippen molar-refractivity contribution < 1.29 is 28.3 Å². The Labute approximate surface area is 155 Å². The van der Waals surface area contributed by atoms with Gasteiger partial charge in [-0.1, -0.05) is 6.07 Å². The topological polar surface area (TPSA) is 77.9 Å². The number of benzene rings is 1. The Bertz CT molecular complexity index is 775. The minimum absolute atomic E-state index is 0.00406. The maximum absolute atomic E-state index is 13.2. The van der Waals surface area contributed by atoms with E-state index in [2.05, 4.69) is 0 Å². The zero-order valence-electron chi connectivity index (χ0n) is 15.1. The molecule has 2 heterocycles. The molecule has 1 aromatic rings. The molecule has 146 valence electrons. The van der Waals surface area contributed by atoms with Crippen LogP contribution < -0.4 is 0 Å². The van der Waals surface area contributed by atoms with E-state index < -0.39 is 29.1 Å². The molecule has 1 N–H and O–H groups in total. The minimum Gasteiger partial charge on any atom is -0.481 e. The molecule has 2 aliphatic heterocycles. The fourth-order valence-corrected chi connectivity index (χ4v) is 4.23. The number of carboxylic acids is 1. The largest absolute Gasteiger partial charge is 0.481 e. The summed E-state index contributed by atoms with van der Waals surface area (Å²) in [6, 6.07) is 3.58. The highest BCUT2D eigenvalue weighted by Crippen LogP contribution is 2.42. The van der Waals surface area contributed by atoms with E-state index in [0.717, 1.165) is 12.1 Å². The van der Waals surface area contributed by atoms with Gasteiger partial charge in [-0.15, -0.1) is 0 Å². The Morgan fingerprint density at radius 1 is 1.22 bits per heavy atom. The van der Waals surface area contributed by atoms with Crippen LogP contribution in [0.15, 0.2) is 18.2 Å². The number of aliphatic carboxylic acids is 1. The predicted octanol–water partition coefficient (Wildman–Crippen LogP) is 1.82. The first-order valence-electron chi connectivity index (χ1n) is 8.96. The smallest absolute Gasteiger partial charge is 0.309 e. The van der Waals surface area contributed by atoms with Crippen molar-refractivity contribution in [3.63, 3.8) is 0 Å².